The van der Waals surface area contributed by atoms with Gasteiger partial charge in [-0.1, -0.05) is 64.4 Å². The second-order valence-corrected chi connectivity index (χ2v) is 5.07. The van der Waals surface area contributed by atoms with Gasteiger partial charge in [0.25, 0.3) is 0 Å². The van der Waals surface area contributed by atoms with Gasteiger partial charge in [-0.2, -0.15) is 0 Å². The molecular formula is C16H15BrNO. The first kappa shape index (κ1) is 13.8. The Kier molecular flexibility index (Phi) is 5.16. The fraction of sp³-hybridized carbons (Fsp3) is 0.188. The molecule has 1 radical (unpaired) electrons. The van der Waals surface area contributed by atoms with Crippen LogP contribution in [0.2, 0.25) is 0 Å². The molecule has 0 aromatic heterocycles. The summed E-state index contributed by atoms with van der Waals surface area (Å²) in [5.74, 6) is 0. The molecule has 0 aliphatic carbocycles. The monoisotopic (exact) mass is 316 g/mol. The van der Waals surface area contributed by atoms with Crippen LogP contribution in [0.5, 0.6) is 0 Å². The van der Waals surface area contributed by atoms with Crippen molar-refractivity contribution in [3.63, 3.8) is 0 Å². The van der Waals surface area contributed by atoms with Crippen LogP contribution < -0.4 is 0 Å². The predicted octanol–water partition coefficient (Wildman–Crippen LogP) is 4.44. The van der Waals surface area contributed by atoms with E-state index >= 15 is 0 Å². The van der Waals surface area contributed by atoms with Crippen LogP contribution in [0.4, 0.5) is 0 Å². The summed E-state index contributed by atoms with van der Waals surface area (Å²) in [6.45, 7) is 2.61. The zero-order chi connectivity index (χ0) is 13.5. The van der Waals surface area contributed by atoms with Crippen molar-refractivity contribution in [3.8, 4) is 0 Å². The van der Waals surface area contributed by atoms with Crippen LogP contribution in [-0.4, -0.2) is 6.21 Å². The number of hydrogen-bond donors (Lipinski definition) is 0. The summed E-state index contributed by atoms with van der Waals surface area (Å²) in [7, 11) is 0. The summed E-state index contributed by atoms with van der Waals surface area (Å²) >= 11 is 3.38. The highest BCUT2D eigenvalue weighted by Gasteiger charge is 1.95. The molecule has 0 saturated heterocycles. The van der Waals surface area contributed by atoms with Crippen molar-refractivity contribution < 1.29 is 4.84 Å². The van der Waals surface area contributed by atoms with Gasteiger partial charge >= 0.3 is 0 Å². The number of halogens is 1. The molecular weight excluding hydrogens is 302 g/mol. The molecule has 2 nitrogen and oxygen atoms in total. The summed E-state index contributed by atoms with van der Waals surface area (Å²) in [6.07, 6.45) is 3.88. The van der Waals surface area contributed by atoms with Gasteiger partial charge in [0.2, 0.25) is 0 Å². The van der Waals surface area contributed by atoms with Crippen molar-refractivity contribution in [2.24, 2.45) is 5.16 Å². The average molecular weight is 317 g/mol. The van der Waals surface area contributed by atoms with E-state index in [-0.39, 0.29) is 0 Å². The standard InChI is InChI=1S/C16H15BrNO/c1-2-13-4-3-5-15(10-13)12-19-18-11-14-6-8-16(17)9-7-14/h3-10H,2,12H2,1H3. The quantitative estimate of drug-likeness (QED) is 0.590. The third-order valence-corrected chi connectivity index (χ3v) is 3.24. The van der Waals surface area contributed by atoms with Gasteiger partial charge in [0.05, 0.1) is 0 Å². The minimum absolute atomic E-state index is 0.470. The van der Waals surface area contributed by atoms with Gasteiger partial charge in [0.1, 0.15) is 12.8 Å². The van der Waals surface area contributed by atoms with Crippen molar-refractivity contribution in [3.05, 3.63) is 69.7 Å². The first-order valence-electron chi connectivity index (χ1n) is 6.19. The normalized spacial score (nSPS) is 10.8. The Balaban J connectivity index is 1.87. The lowest BCUT2D eigenvalue weighted by molar-refractivity contribution is 0.132. The van der Waals surface area contributed by atoms with E-state index in [9.17, 15) is 0 Å². The molecule has 97 valence electrons. The zero-order valence-corrected chi connectivity index (χ0v) is 12.4. The highest BCUT2D eigenvalue weighted by molar-refractivity contribution is 9.10. The number of benzene rings is 2. The molecule has 3 heteroatoms. The first-order chi connectivity index (χ1) is 9.28. The number of aryl methyl sites for hydroxylation is 1. The third kappa shape index (κ3) is 4.52. The lowest BCUT2D eigenvalue weighted by Crippen LogP contribution is -1.90. The summed E-state index contributed by atoms with van der Waals surface area (Å²) in [5.41, 5.74) is 3.33. The van der Waals surface area contributed by atoms with Crippen LogP contribution in [0.15, 0.2) is 58.2 Å². The molecule has 0 fully saturated rings. The number of hydrogen-bond acceptors (Lipinski definition) is 2. The Morgan fingerprint density at radius 2 is 1.84 bits per heavy atom. The minimum Gasteiger partial charge on any atom is -0.390 e. The molecule has 2 aromatic carbocycles. The van der Waals surface area contributed by atoms with E-state index in [2.05, 4.69) is 46.4 Å². The summed E-state index contributed by atoms with van der Waals surface area (Å²) < 4.78 is 1.04. The molecule has 0 aliphatic rings. The van der Waals surface area contributed by atoms with E-state index in [1.165, 1.54) is 5.56 Å². The van der Waals surface area contributed by atoms with Gasteiger partial charge in [0, 0.05) is 10.0 Å². The maximum atomic E-state index is 5.26. The van der Waals surface area contributed by atoms with Crippen LogP contribution in [-0.2, 0) is 17.9 Å². The van der Waals surface area contributed by atoms with E-state index in [1.54, 1.807) is 0 Å². The molecule has 0 N–H and O–H groups in total. The molecule has 0 saturated carbocycles. The van der Waals surface area contributed by atoms with Crippen molar-refractivity contribution >= 4 is 22.1 Å². The van der Waals surface area contributed by atoms with E-state index in [4.69, 9.17) is 4.84 Å². The van der Waals surface area contributed by atoms with Gasteiger partial charge < -0.3 is 4.84 Å². The zero-order valence-electron chi connectivity index (χ0n) is 10.8. The molecule has 0 heterocycles. The van der Waals surface area contributed by atoms with Crippen molar-refractivity contribution in [2.45, 2.75) is 20.0 Å². The van der Waals surface area contributed by atoms with Crippen molar-refractivity contribution in [1.82, 2.24) is 0 Å². The van der Waals surface area contributed by atoms with Gasteiger partial charge in [0.15, 0.2) is 0 Å². The predicted molar refractivity (Wildman–Crippen MR) is 81.3 cm³/mol. The van der Waals surface area contributed by atoms with Gasteiger partial charge in [-0.05, 0) is 29.7 Å². The SMILES string of the molecule is CCc1cccc(CO/N=[C]\c2ccc(Br)cc2)c1. The molecule has 0 bridgehead atoms. The van der Waals surface area contributed by atoms with E-state index in [0.29, 0.717) is 6.61 Å². The second kappa shape index (κ2) is 7.10. The molecule has 0 amide bonds. The Morgan fingerprint density at radius 3 is 2.58 bits per heavy atom. The Bertz CT molecular complexity index is 549. The van der Waals surface area contributed by atoms with Crippen molar-refractivity contribution in [1.29, 1.82) is 0 Å². The molecule has 2 rings (SSSR count). The fourth-order valence-electron chi connectivity index (χ4n) is 1.66. The van der Waals surface area contributed by atoms with Crippen LogP contribution in [0, 0.1) is 0 Å². The summed E-state index contributed by atoms with van der Waals surface area (Å²) in [4.78, 5) is 5.26. The van der Waals surface area contributed by atoms with Crippen LogP contribution in [0.25, 0.3) is 0 Å². The lowest BCUT2D eigenvalue weighted by Gasteiger charge is -2.02. The lowest BCUT2D eigenvalue weighted by atomic mass is 10.1. The van der Waals surface area contributed by atoms with Gasteiger partial charge in [-0.25, -0.2) is 0 Å². The topological polar surface area (TPSA) is 21.6 Å². The van der Waals surface area contributed by atoms with Gasteiger partial charge in [-0.15, -0.1) is 0 Å². The molecule has 19 heavy (non-hydrogen) atoms. The van der Waals surface area contributed by atoms with E-state index in [1.807, 2.05) is 36.4 Å². The summed E-state index contributed by atoms with van der Waals surface area (Å²) in [5, 5.41) is 3.86. The van der Waals surface area contributed by atoms with E-state index in [0.717, 1.165) is 22.0 Å². The molecule has 0 spiro atoms. The van der Waals surface area contributed by atoms with Crippen LogP contribution in [0.1, 0.15) is 23.6 Å². The maximum Gasteiger partial charge on any atom is 0.142 e. The highest BCUT2D eigenvalue weighted by Crippen LogP contribution is 2.10. The van der Waals surface area contributed by atoms with Crippen molar-refractivity contribution in [2.75, 3.05) is 0 Å². The van der Waals surface area contributed by atoms with E-state index < -0.39 is 0 Å². The number of nitrogens with zero attached hydrogens (tertiary/aromatic N) is 1. The third-order valence-electron chi connectivity index (χ3n) is 2.71. The number of rotatable bonds is 5. The minimum atomic E-state index is 0.470. The smallest absolute Gasteiger partial charge is 0.142 e. The highest BCUT2D eigenvalue weighted by atomic mass is 79.9. The van der Waals surface area contributed by atoms with Gasteiger partial charge in [-0.3, -0.25) is 0 Å². The molecule has 0 unspecified atom stereocenters. The fourth-order valence-corrected chi connectivity index (χ4v) is 1.92. The first-order valence-corrected chi connectivity index (χ1v) is 6.98. The maximum absolute atomic E-state index is 5.26. The largest absolute Gasteiger partial charge is 0.390 e. The molecule has 0 atom stereocenters. The average Bonchev–Trinajstić information content (AvgIpc) is 2.46. The Hall–Kier alpha value is -1.61. The Labute approximate surface area is 122 Å². The molecule has 0 aliphatic heterocycles. The second-order valence-electron chi connectivity index (χ2n) is 4.16. The Morgan fingerprint density at radius 1 is 1.11 bits per heavy atom. The summed E-state index contributed by atoms with van der Waals surface area (Å²) in [6, 6.07) is 16.1. The molecule has 2 aromatic rings. The van der Waals surface area contributed by atoms with Crippen LogP contribution >= 0.6 is 15.9 Å². The van der Waals surface area contributed by atoms with Crippen LogP contribution in [0.3, 0.4) is 0 Å².